The number of hydrogen-bond acceptors (Lipinski definition) is 3. The first-order valence-electron chi connectivity index (χ1n) is 6.05. The van der Waals surface area contributed by atoms with E-state index in [9.17, 15) is 0 Å². The van der Waals surface area contributed by atoms with Crippen molar-refractivity contribution in [3.63, 3.8) is 0 Å². The molecule has 1 aromatic heterocycles. The molecule has 1 N–H and O–H groups in total. The first-order chi connectivity index (χ1) is 8.36. The van der Waals surface area contributed by atoms with Crippen molar-refractivity contribution in [2.45, 2.75) is 19.4 Å². The molecule has 0 spiro atoms. The zero-order valence-corrected chi connectivity index (χ0v) is 12.0. The molecule has 17 heavy (non-hydrogen) atoms. The number of rotatable bonds is 6. The number of benzene rings is 1. The van der Waals surface area contributed by atoms with Gasteiger partial charge in [-0.3, -0.25) is 0 Å². The van der Waals surface area contributed by atoms with Crippen LogP contribution in [0.4, 0.5) is 0 Å². The maximum absolute atomic E-state index is 3.65. The van der Waals surface area contributed by atoms with Gasteiger partial charge in [0, 0.05) is 16.5 Å². The van der Waals surface area contributed by atoms with Gasteiger partial charge in [-0.25, -0.2) is 0 Å². The third-order valence-electron chi connectivity index (χ3n) is 2.86. The molecule has 1 nitrogen and oxygen atoms in total. The van der Waals surface area contributed by atoms with Crippen molar-refractivity contribution in [3.05, 3.63) is 35.2 Å². The van der Waals surface area contributed by atoms with Gasteiger partial charge in [0.25, 0.3) is 0 Å². The van der Waals surface area contributed by atoms with Crippen LogP contribution < -0.4 is 5.32 Å². The van der Waals surface area contributed by atoms with Gasteiger partial charge in [-0.05, 0) is 41.6 Å². The number of thiophene rings is 1. The minimum Gasteiger partial charge on any atom is -0.309 e. The molecular weight excluding hydrogens is 246 g/mol. The van der Waals surface area contributed by atoms with Gasteiger partial charge in [0.05, 0.1) is 0 Å². The molecule has 0 aliphatic heterocycles. The SMILES string of the molecule is CCCNC(CSC)c1cccc2ccsc12. The largest absolute Gasteiger partial charge is 0.309 e. The van der Waals surface area contributed by atoms with Crippen LogP contribution in [0.25, 0.3) is 10.1 Å². The minimum absolute atomic E-state index is 0.479. The summed E-state index contributed by atoms with van der Waals surface area (Å²) in [5, 5.41) is 7.21. The first kappa shape index (κ1) is 12.9. The molecular formula is C14H19NS2. The Morgan fingerprint density at radius 1 is 1.35 bits per heavy atom. The van der Waals surface area contributed by atoms with Gasteiger partial charge in [-0.15, -0.1) is 11.3 Å². The van der Waals surface area contributed by atoms with E-state index in [1.807, 2.05) is 23.1 Å². The predicted octanol–water partition coefficient (Wildman–Crippen LogP) is 4.31. The van der Waals surface area contributed by atoms with Gasteiger partial charge in [-0.1, -0.05) is 25.1 Å². The molecule has 0 saturated carbocycles. The van der Waals surface area contributed by atoms with Gasteiger partial charge in [0.1, 0.15) is 0 Å². The van der Waals surface area contributed by atoms with Crippen molar-refractivity contribution in [3.8, 4) is 0 Å². The fraction of sp³-hybridized carbons (Fsp3) is 0.429. The summed E-state index contributed by atoms with van der Waals surface area (Å²) in [6, 6.07) is 9.32. The molecule has 3 heteroatoms. The second-order valence-electron chi connectivity index (χ2n) is 4.15. The van der Waals surface area contributed by atoms with E-state index >= 15 is 0 Å². The zero-order chi connectivity index (χ0) is 12.1. The Morgan fingerprint density at radius 3 is 3.00 bits per heavy atom. The topological polar surface area (TPSA) is 12.0 Å². The van der Waals surface area contributed by atoms with Gasteiger partial charge in [-0.2, -0.15) is 11.8 Å². The normalized spacial score (nSPS) is 13.1. The van der Waals surface area contributed by atoms with Crippen LogP contribution in [0.5, 0.6) is 0 Å². The quantitative estimate of drug-likeness (QED) is 0.835. The van der Waals surface area contributed by atoms with E-state index in [-0.39, 0.29) is 0 Å². The molecule has 0 radical (unpaired) electrons. The van der Waals surface area contributed by atoms with Crippen LogP contribution >= 0.6 is 23.1 Å². The lowest BCUT2D eigenvalue weighted by Gasteiger charge is -2.18. The van der Waals surface area contributed by atoms with Crippen LogP contribution in [0.1, 0.15) is 24.9 Å². The summed E-state index contributed by atoms with van der Waals surface area (Å²) in [4.78, 5) is 0. The zero-order valence-electron chi connectivity index (χ0n) is 10.4. The molecule has 0 saturated heterocycles. The first-order valence-corrected chi connectivity index (χ1v) is 8.32. The summed E-state index contributed by atoms with van der Waals surface area (Å²) in [5.41, 5.74) is 1.46. The Balaban J connectivity index is 2.30. The van der Waals surface area contributed by atoms with E-state index in [2.05, 4.69) is 48.1 Å². The van der Waals surface area contributed by atoms with Gasteiger partial charge < -0.3 is 5.32 Å². The smallest absolute Gasteiger partial charge is 0.0426 e. The second kappa shape index (κ2) is 6.43. The highest BCUT2D eigenvalue weighted by Gasteiger charge is 2.13. The van der Waals surface area contributed by atoms with E-state index in [4.69, 9.17) is 0 Å². The van der Waals surface area contributed by atoms with E-state index in [1.54, 1.807) is 0 Å². The van der Waals surface area contributed by atoms with Crippen molar-refractivity contribution < 1.29 is 0 Å². The Labute approximate surface area is 112 Å². The highest BCUT2D eigenvalue weighted by atomic mass is 32.2. The Hall–Kier alpha value is -0.510. The Bertz CT molecular complexity index is 464. The monoisotopic (exact) mass is 265 g/mol. The third kappa shape index (κ3) is 3.03. The minimum atomic E-state index is 0.479. The van der Waals surface area contributed by atoms with Crippen LogP contribution in [0.3, 0.4) is 0 Å². The van der Waals surface area contributed by atoms with Crippen LogP contribution in [-0.4, -0.2) is 18.6 Å². The Kier molecular flexibility index (Phi) is 4.89. The molecule has 1 unspecified atom stereocenters. The lowest BCUT2D eigenvalue weighted by Crippen LogP contribution is -2.24. The maximum atomic E-state index is 3.65. The van der Waals surface area contributed by atoms with E-state index < -0.39 is 0 Å². The average Bonchev–Trinajstić information content (AvgIpc) is 2.82. The van der Waals surface area contributed by atoms with Crippen molar-refractivity contribution in [1.82, 2.24) is 5.32 Å². The summed E-state index contributed by atoms with van der Waals surface area (Å²) in [6.45, 7) is 3.31. The van der Waals surface area contributed by atoms with Crippen LogP contribution in [0, 0.1) is 0 Å². The average molecular weight is 265 g/mol. The molecule has 0 bridgehead atoms. The van der Waals surface area contributed by atoms with Crippen LogP contribution in [0.15, 0.2) is 29.6 Å². The molecule has 92 valence electrons. The molecule has 1 aromatic carbocycles. The summed E-state index contributed by atoms with van der Waals surface area (Å²) in [5.74, 6) is 1.14. The lowest BCUT2D eigenvalue weighted by molar-refractivity contribution is 0.581. The molecule has 1 atom stereocenters. The maximum Gasteiger partial charge on any atom is 0.0426 e. The Morgan fingerprint density at radius 2 is 2.24 bits per heavy atom. The molecule has 0 fully saturated rings. The van der Waals surface area contributed by atoms with Crippen molar-refractivity contribution in [2.75, 3.05) is 18.6 Å². The predicted molar refractivity (Wildman–Crippen MR) is 81.2 cm³/mol. The van der Waals surface area contributed by atoms with Crippen molar-refractivity contribution in [2.24, 2.45) is 0 Å². The van der Waals surface area contributed by atoms with Gasteiger partial charge >= 0.3 is 0 Å². The summed E-state index contributed by atoms with van der Waals surface area (Å²) < 4.78 is 1.44. The highest BCUT2D eigenvalue weighted by Crippen LogP contribution is 2.30. The molecule has 2 rings (SSSR count). The fourth-order valence-electron chi connectivity index (χ4n) is 2.03. The molecule has 0 amide bonds. The fourth-order valence-corrected chi connectivity index (χ4v) is 3.63. The lowest BCUT2D eigenvalue weighted by atomic mass is 10.1. The third-order valence-corrected chi connectivity index (χ3v) is 4.50. The van der Waals surface area contributed by atoms with E-state index in [1.165, 1.54) is 22.1 Å². The summed E-state index contributed by atoms with van der Waals surface area (Å²) >= 11 is 3.76. The molecule has 1 heterocycles. The second-order valence-corrected chi connectivity index (χ2v) is 5.98. The summed E-state index contributed by atoms with van der Waals surface area (Å²) in [7, 11) is 0. The molecule has 0 aliphatic rings. The van der Waals surface area contributed by atoms with Gasteiger partial charge in [0.15, 0.2) is 0 Å². The number of fused-ring (bicyclic) bond motifs is 1. The van der Waals surface area contributed by atoms with E-state index in [0.717, 1.165) is 12.3 Å². The molecule has 2 aromatic rings. The van der Waals surface area contributed by atoms with Crippen LogP contribution in [0.2, 0.25) is 0 Å². The van der Waals surface area contributed by atoms with Gasteiger partial charge in [0.2, 0.25) is 0 Å². The number of thioether (sulfide) groups is 1. The number of nitrogens with one attached hydrogen (secondary N) is 1. The van der Waals surface area contributed by atoms with Crippen molar-refractivity contribution in [1.29, 1.82) is 0 Å². The summed E-state index contributed by atoms with van der Waals surface area (Å²) in [6.07, 6.45) is 3.36. The van der Waals surface area contributed by atoms with Crippen molar-refractivity contribution >= 4 is 33.2 Å². The van der Waals surface area contributed by atoms with Crippen LogP contribution in [-0.2, 0) is 0 Å². The molecule has 0 aliphatic carbocycles. The number of hydrogen-bond donors (Lipinski definition) is 1. The van der Waals surface area contributed by atoms with E-state index in [0.29, 0.717) is 6.04 Å². The standard InChI is InChI=1S/C14H19NS2/c1-3-8-15-13(10-16-2)12-6-4-5-11-7-9-17-14(11)12/h4-7,9,13,15H,3,8,10H2,1-2H3. The highest BCUT2D eigenvalue weighted by molar-refractivity contribution is 7.98.